The summed E-state index contributed by atoms with van der Waals surface area (Å²) in [5, 5.41) is 3.25. The molecule has 136 valence electrons. The Hall–Kier alpha value is -1.55. The van der Waals surface area contributed by atoms with E-state index in [-0.39, 0.29) is 16.7 Å². The first-order valence-corrected chi connectivity index (χ1v) is 10.4. The van der Waals surface area contributed by atoms with E-state index in [9.17, 15) is 13.2 Å². The third kappa shape index (κ3) is 3.84. The second kappa shape index (κ2) is 6.99. The predicted octanol–water partition coefficient (Wildman–Crippen LogP) is 1.83. The molecule has 1 saturated heterocycles. The van der Waals surface area contributed by atoms with E-state index in [4.69, 9.17) is 0 Å². The lowest BCUT2D eigenvalue weighted by molar-refractivity contribution is -0.118. The van der Waals surface area contributed by atoms with Crippen LogP contribution in [0.2, 0.25) is 0 Å². The molecule has 1 aliphatic rings. The third-order valence-electron chi connectivity index (χ3n) is 4.21. The maximum Gasteiger partial charge on any atom is 0.243 e. The van der Waals surface area contributed by atoms with E-state index < -0.39 is 10.0 Å². The zero-order chi connectivity index (χ0) is 18.2. The zero-order valence-corrected chi connectivity index (χ0v) is 16.2. The standard InChI is InChI=1S/C16H22N4O3S2/c1-11(2)15(21)18-16-17-13-5-4-12(10-14(13)24-16)25(22,23)20-8-6-19(3)7-9-20/h4-5,10-11H,6-9H2,1-3H3,(H,17,18,21). The summed E-state index contributed by atoms with van der Waals surface area (Å²) in [5.74, 6) is -0.246. The SMILES string of the molecule is CC(C)C(=O)Nc1nc2ccc(S(=O)(=O)N3CCN(C)CC3)cc2s1. The van der Waals surface area contributed by atoms with Gasteiger partial charge in [0.1, 0.15) is 0 Å². The van der Waals surface area contributed by atoms with Crippen molar-refractivity contribution in [3.63, 3.8) is 0 Å². The minimum absolute atomic E-state index is 0.107. The Morgan fingerprint density at radius 1 is 1.24 bits per heavy atom. The molecular weight excluding hydrogens is 360 g/mol. The smallest absolute Gasteiger partial charge is 0.243 e. The molecule has 1 amide bonds. The fourth-order valence-corrected chi connectivity index (χ4v) is 4.98. The summed E-state index contributed by atoms with van der Waals surface area (Å²) >= 11 is 1.29. The molecule has 2 heterocycles. The number of anilines is 1. The Morgan fingerprint density at radius 3 is 2.56 bits per heavy atom. The molecular formula is C16H22N4O3S2. The molecule has 3 rings (SSSR count). The molecule has 0 spiro atoms. The van der Waals surface area contributed by atoms with Gasteiger partial charge in [0.05, 0.1) is 15.1 Å². The lowest BCUT2D eigenvalue weighted by atomic mass is 10.2. The van der Waals surface area contributed by atoms with Gasteiger partial charge in [-0.05, 0) is 25.2 Å². The molecule has 1 aromatic carbocycles. The van der Waals surface area contributed by atoms with Crippen LogP contribution in [0, 0.1) is 5.92 Å². The number of thiazole rings is 1. The van der Waals surface area contributed by atoms with Gasteiger partial charge in [-0.2, -0.15) is 4.31 Å². The van der Waals surface area contributed by atoms with E-state index in [1.807, 2.05) is 20.9 Å². The molecule has 1 aromatic heterocycles. The molecule has 1 aliphatic heterocycles. The number of fused-ring (bicyclic) bond motifs is 1. The van der Waals surface area contributed by atoms with Gasteiger partial charge in [0, 0.05) is 32.1 Å². The Labute approximate surface area is 151 Å². The number of hydrogen-bond donors (Lipinski definition) is 1. The Kier molecular flexibility index (Phi) is 5.10. The van der Waals surface area contributed by atoms with Gasteiger partial charge >= 0.3 is 0 Å². The van der Waals surface area contributed by atoms with Crippen LogP contribution in [-0.2, 0) is 14.8 Å². The highest BCUT2D eigenvalue weighted by Crippen LogP contribution is 2.29. The largest absolute Gasteiger partial charge is 0.304 e. The highest BCUT2D eigenvalue weighted by atomic mass is 32.2. The van der Waals surface area contributed by atoms with Crippen LogP contribution in [0.4, 0.5) is 5.13 Å². The molecule has 1 N–H and O–H groups in total. The minimum atomic E-state index is -3.51. The van der Waals surface area contributed by atoms with E-state index in [0.29, 0.717) is 23.7 Å². The number of rotatable bonds is 4. The molecule has 25 heavy (non-hydrogen) atoms. The summed E-state index contributed by atoms with van der Waals surface area (Å²) in [6.07, 6.45) is 0. The fourth-order valence-electron chi connectivity index (χ4n) is 2.55. The summed E-state index contributed by atoms with van der Waals surface area (Å²) in [6.45, 7) is 6.07. The number of benzene rings is 1. The Balaban J connectivity index is 1.86. The molecule has 7 nitrogen and oxygen atoms in total. The van der Waals surface area contributed by atoms with Crippen molar-refractivity contribution in [3.8, 4) is 0 Å². The van der Waals surface area contributed by atoms with E-state index >= 15 is 0 Å². The number of likely N-dealkylation sites (N-methyl/N-ethyl adjacent to an activating group) is 1. The molecule has 0 atom stereocenters. The van der Waals surface area contributed by atoms with Gasteiger partial charge in [0.2, 0.25) is 15.9 Å². The quantitative estimate of drug-likeness (QED) is 0.872. The van der Waals surface area contributed by atoms with Crippen molar-refractivity contribution >= 4 is 42.6 Å². The van der Waals surface area contributed by atoms with Gasteiger partial charge in [-0.15, -0.1) is 0 Å². The lowest BCUT2D eigenvalue weighted by Gasteiger charge is -2.31. The van der Waals surface area contributed by atoms with Crippen LogP contribution >= 0.6 is 11.3 Å². The van der Waals surface area contributed by atoms with Crippen LogP contribution in [0.15, 0.2) is 23.1 Å². The number of piperazine rings is 1. The van der Waals surface area contributed by atoms with Gasteiger partial charge in [-0.3, -0.25) is 4.79 Å². The third-order valence-corrected chi connectivity index (χ3v) is 7.04. The van der Waals surface area contributed by atoms with E-state index in [1.165, 1.54) is 15.6 Å². The lowest BCUT2D eigenvalue weighted by Crippen LogP contribution is -2.46. The molecule has 1 fully saturated rings. The minimum Gasteiger partial charge on any atom is -0.304 e. The molecule has 2 aromatic rings. The normalized spacial score (nSPS) is 17.3. The molecule has 0 aliphatic carbocycles. The highest BCUT2D eigenvalue weighted by Gasteiger charge is 2.27. The molecule has 0 saturated carbocycles. The highest BCUT2D eigenvalue weighted by molar-refractivity contribution is 7.89. The van der Waals surface area contributed by atoms with Crippen molar-refractivity contribution < 1.29 is 13.2 Å². The van der Waals surface area contributed by atoms with Crippen LogP contribution < -0.4 is 5.32 Å². The second-order valence-corrected chi connectivity index (χ2v) is 9.47. The number of amides is 1. The zero-order valence-electron chi connectivity index (χ0n) is 14.5. The van der Waals surface area contributed by atoms with Gasteiger partial charge in [-0.1, -0.05) is 25.2 Å². The summed E-state index contributed by atoms with van der Waals surface area (Å²) in [5.41, 5.74) is 0.682. The monoisotopic (exact) mass is 382 g/mol. The topological polar surface area (TPSA) is 82.6 Å². The van der Waals surface area contributed by atoms with Gasteiger partial charge in [0.15, 0.2) is 5.13 Å². The van der Waals surface area contributed by atoms with E-state index in [1.54, 1.807) is 18.2 Å². The number of nitrogens with one attached hydrogen (secondary N) is 1. The van der Waals surface area contributed by atoms with E-state index in [0.717, 1.165) is 17.8 Å². The number of carbonyl (C=O) groups is 1. The van der Waals surface area contributed by atoms with Crippen molar-refractivity contribution in [3.05, 3.63) is 18.2 Å². The van der Waals surface area contributed by atoms with Crippen LogP contribution in [0.3, 0.4) is 0 Å². The van der Waals surface area contributed by atoms with Crippen LogP contribution in [0.5, 0.6) is 0 Å². The number of hydrogen-bond acceptors (Lipinski definition) is 6. The number of aromatic nitrogens is 1. The van der Waals surface area contributed by atoms with Crippen LogP contribution in [0.1, 0.15) is 13.8 Å². The average Bonchev–Trinajstić information content (AvgIpc) is 2.96. The van der Waals surface area contributed by atoms with Crippen molar-refractivity contribution in [2.24, 2.45) is 5.92 Å². The first kappa shape index (κ1) is 18.2. The average molecular weight is 383 g/mol. The van der Waals surface area contributed by atoms with Gasteiger partial charge < -0.3 is 10.2 Å². The van der Waals surface area contributed by atoms with Gasteiger partial charge in [0.25, 0.3) is 0 Å². The first-order chi connectivity index (χ1) is 11.8. The van der Waals surface area contributed by atoms with E-state index in [2.05, 4.69) is 15.2 Å². The van der Waals surface area contributed by atoms with Crippen molar-refractivity contribution in [1.82, 2.24) is 14.2 Å². The van der Waals surface area contributed by atoms with Crippen molar-refractivity contribution in [2.45, 2.75) is 18.7 Å². The second-order valence-electron chi connectivity index (χ2n) is 6.50. The van der Waals surface area contributed by atoms with Crippen molar-refractivity contribution in [1.29, 1.82) is 0 Å². The fraction of sp³-hybridized carbons (Fsp3) is 0.500. The van der Waals surface area contributed by atoms with Crippen LogP contribution in [-0.4, -0.2) is 61.7 Å². The molecule has 0 radical (unpaired) electrons. The van der Waals surface area contributed by atoms with Crippen LogP contribution in [0.25, 0.3) is 10.2 Å². The summed E-state index contributed by atoms with van der Waals surface area (Å²) in [4.78, 5) is 18.5. The van der Waals surface area contributed by atoms with Crippen molar-refractivity contribution in [2.75, 3.05) is 38.5 Å². The molecule has 0 bridgehead atoms. The number of carbonyl (C=O) groups excluding carboxylic acids is 1. The predicted molar refractivity (Wildman–Crippen MR) is 99.3 cm³/mol. The summed E-state index contributed by atoms with van der Waals surface area (Å²) < 4.78 is 27.9. The van der Waals surface area contributed by atoms with Gasteiger partial charge in [-0.25, -0.2) is 13.4 Å². The maximum atomic E-state index is 12.8. The first-order valence-electron chi connectivity index (χ1n) is 8.17. The maximum absolute atomic E-state index is 12.8. The molecule has 9 heteroatoms. The number of sulfonamides is 1. The Morgan fingerprint density at radius 2 is 1.92 bits per heavy atom. The number of nitrogens with zero attached hydrogens (tertiary/aromatic N) is 3. The Bertz CT molecular complexity index is 884. The summed E-state index contributed by atoms with van der Waals surface area (Å²) in [7, 11) is -1.52. The summed E-state index contributed by atoms with van der Waals surface area (Å²) in [6, 6.07) is 4.93. The molecule has 0 unspecified atom stereocenters.